The zero-order valence-corrected chi connectivity index (χ0v) is 11.2. The van der Waals surface area contributed by atoms with Crippen molar-refractivity contribution in [1.82, 2.24) is 15.1 Å². The Morgan fingerprint density at radius 2 is 2.44 bits per heavy atom. The van der Waals surface area contributed by atoms with E-state index < -0.39 is 11.5 Å². The Kier molecular flexibility index (Phi) is 3.92. The summed E-state index contributed by atoms with van der Waals surface area (Å²) in [6.07, 6.45) is 6.01. The number of nitrogens with one attached hydrogen (secondary N) is 1. The summed E-state index contributed by atoms with van der Waals surface area (Å²) in [4.78, 5) is 11.7. The van der Waals surface area contributed by atoms with Crippen LogP contribution in [0.15, 0.2) is 12.4 Å². The van der Waals surface area contributed by atoms with Crippen LogP contribution in [-0.4, -0.2) is 32.9 Å². The highest BCUT2D eigenvalue weighted by Gasteiger charge is 2.51. The number of nitrogens with zero attached hydrogens (tertiary/aromatic N) is 2. The summed E-state index contributed by atoms with van der Waals surface area (Å²) in [5.41, 5.74) is -0.911. The summed E-state index contributed by atoms with van der Waals surface area (Å²) in [6.45, 7) is 3.04. The van der Waals surface area contributed by atoms with E-state index in [1.807, 2.05) is 6.92 Å². The van der Waals surface area contributed by atoms with Gasteiger partial charge in [-0.2, -0.15) is 5.10 Å². The van der Waals surface area contributed by atoms with Crippen molar-refractivity contribution in [2.24, 2.45) is 5.92 Å². The van der Waals surface area contributed by atoms with Crippen molar-refractivity contribution in [2.45, 2.75) is 38.3 Å². The van der Waals surface area contributed by atoms with E-state index in [1.165, 1.54) is 6.20 Å². The average Bonchev–Trinajstić information content (AvgIpc) is 3.09. The van der Waals surface area contributed by atoms with Gasteiger partial charge in [0.2, 0.25) is 0 Å². The van der Waals surface area contributed by atoms with E-state index in [0.717, 1.165) is 19.3 Å². The zero-order valence-electron chi connectivity index (χ0n) is 10.4. The number of carboxylic acids is 1. The molecule has 1 aliphatic carbocycles. The number of aromatic nitrogens is 2. The minimum Gasteiger partial charge on any atom is -0.480 e. The van der Waals surface area contributed by atoms with Gasteiger partial charge in [0.1, 0.15) is 5.54 Å². The van der Waals surface area contributed by atoms with Gasteiger partial charge in [0.25, 0.3) is 0 Å². The third-order valence-electron chi connectivity index (χ3n) is 3.36. The van der Waals surface area contributed by atoms with Gasteiger partial charge in [-0.3, -0.25) is 9.48 Å². The molecule has 0 aromatic carbocycles. The Balaban J connectivity index is 2.19. The molecule has 1 fully saturated rings. The Bertz CT molecular complexity index is 431. The molecule has 0 radical (unpaired) electrons. The third kappa shape index (κ3) is 2.67. The van der Waals surface area contributed by atoms with Crippen LogP contribution >= 0.6 is 11.6 Å². The first-order chi connectivity index (χ1) is 8.58. The van der Waals surface area contributed by atoms with Crippen molar-refractivity contribution < 1.29 is 9.90 Å². The molecule has 1 saturated carbocycles. The molecule has 100 valence electrons. The standard InChI is InChI=1S/C12H18ClN3O2/c1-2-5-14-12(11(17)18,9-3-4-9)8-16-7-10(13)6-15-16/h6-7,9,14H,2-5,8H2,1H3,(H,17,18). The molecule has 1 heterocycles. The van der Waals surface area contributed by atoms with E-state index in [4.69, 9.17) is 11.6 Å². The lowest BCUT2D eigenvalue weighted by Gasteiger charge is -2.30. The Morgan fingerprint density at radius 1 is 1.72 bits per heavy atom. The van der Waals surface area contributed by atoms with Gasteiger partial charge in [0, 0.05) is 6.20 Å². The maximum Gasteiger partial charge on any atom is 0.326 e. The third-order valence-corrected chi connectivity index (χ3v) is 3.55. The summed E-state index contributed by atoms with van der Waals surface area (Å²) in [6, 6.07) is 0. The highest BCUT2D eigenvalue weighted by Crippen LogP contribution is 2.41. The van der Waals surface area contributed by atoms with Gasteiger partial charge < -0.3 is 10.4 Å². The fraction of sp³-hybridized carbons (Fsp3) is 0.667. The molecule has 2 rings (SSSR count). The molecule has 18 heavy (non-hydrogen) atoms. The normalized spacial score (nSPS) is 18.6. The molecule has 6 heteroatoms. The molecule has 0 amide bonds. The molecule has 1 aliphatic rings. The van der Waals surface area contributed by atoms with Crippen LogP contribution in [0.2, 0.25) is 5.02 Å². The zero-order chi connectivity index (χ0) is 13.2. The van der Waals surface area contributed by atoms with Crippen LogP contribution in [0.3, 0.4) is 0 Å². The molecule has 1 unspecified atom stereocenters. The van der Waals surface area contributed by atoms with E-state index in [9.17, 15) is 9.90 Å². The minimum absolute atomic E-state index is 0.185. The second kappa shape index (κ2) is 5.28. The summed E-state index contributed by atoms with van der Waals surface area (Å²) < 4.78 is 1.61. The van der Waals surface area contributed by atoms with Gasteiger partial charge in [0.15, 0.2) is 0 Å². The van der Waals surface area contributed by atoms with Crippen LogP contribution in [-0.2, 0) is 11.3 Å². The van der Waals surface area contributed by atoms with Gasteiger partial charge in [-0.25, -0.2) is 0 Å². The van der Waals surface area contributed by atoms with Crippen LogP contribution in [0.1, 0.15) is 26.2 Å². The number of rotatable bonds is 7. The predicted molar refractivity (Wildman–Crippen MR) is 68.6 cm³/mol. The number of aliphatic carboxylic acids is 1. The number of hydrogen-bond donors (Lipinski definition) is 2. The van der Waals surface area contributed by atoms with E-state index in [2.05, 4.69) is 10.4 Å². The predicted octanol–water partition coefficient (Wildman–Crippen LogP) is 1.77. The first kappa shape index (κ1) is 13.4. The SMILES string of the molecule is CCCNC(Cn1cc(Cl)cn1)(C(=O)O)C1CC1. The average molecular weight is 272 g/mol. The Labute approximate surface area is 111 Å². The van der Waals surface area contributed by atoms with Crippen LogP contribution < -0.4 is 5.32 Å². The molecule has 1 aromatic heterocycles. The van der Waals surface area contributed by atoms with E-state index in [1.54, 1.807) is 10.9 Å². The largest absolute Gasteiger partial charge is 0.480 e. The lowest BCUT2D eigenvalue weighted by molar-refractivity contribution is -0.146. The van der Waals surface area contributed by atoms with Gasteiger partial charge in [-0.05, 0) is 31.7 Å². The highest BCUT2D eigenvalue weighted by molar-refractivity contribution is 6.30. The van der Waals surface area contributed by atoms with Crippen LogP contribution in [0.25, 0.3) is 0 Å². The molecule has 0 bridgehead atoms. The first-order valence-corrected chi connectivity index (χ1v) is 6.62. The summed E-state index contributed by atoms with van der Waals surface area (Å²) in [5.74, 6) is -0.616. The molecule has 1 atom stereocenters. The van der Waals surface area contributed by atoms with Crippen LogP contribution in [0.4, 0.5) is 0 Å². The lowest BCUT2D eigenvalue weighted by atomic mass is 9.93. The van der Waals surface area contributed by atoms with Crippen LogP contribution in [0.5, 0.6) is 0 Å². The smallest absolute Gasteiger partial charge is 0.326 e. The molecule has 1 aromatic rings. The quantitative estimate of drug-likeness (QED) is 0.793. The molecular weight excluding hydrogens is 254 g/mol. The number of hydrogen-bond acceptors (Lipinski definition) is 3. The molecule has 0 spiro atoms. The van der Waals surface area contributed by atoms with Crippen molar-refractivity contribution in [3.8, 4) is 0 Å². The van der Waals surface area contributed by atoms with Crippen LogP contribution in [0, 0.1) is 5.92 Å². The van der Waals surface area contributed by atoms with Crippen molar-refractivity contribution >= 4 is 17.6 Å². The second-order valence-corrected chi connectivity index (χ2v) is 5.27. The van der Waals surface area contributed by atoms with Gasteiger partial charge in [-0.1, -0.05) is 18.5 Å². The number of halogens is 1. The Hall–Kier alpha value is -1.07. The number of carboxylic acid groups (broad SMARTS) is 1. The molecule has 0 aliphatic heterocycles. The highest BCUT2D eigenvalue weighted by atomic mass is 35.5. The van der Waals surface area contributed by atoms with E-state index in [-0.39, 0.29) is 5.92 Å². The minimum atomic E-state index is -0.911. The van der Waals surface area contributed by atoms with Gasteiger partial charge >= 0.3 is 5.97 Å². The maximum absolute atomic E-state index is 11.7. The second-order valence-electron chi connectivity index (χ2n) is 4.83. The summed E-state index contributed by atoms with van der Waals surface area (Å²) in [7, 11) is 0. The van der Waals surface area contributed by atoms with Crippen molar-refractivity contribution in [1.29, 1.82) is 0 Å². The molecular formula is C12H18ClN3O2. The van der Waals surface area contributed by atoms with E-state index >= 15 is 0 Å². The first-order valence-electron chi connectivity index (χ1n) is 6.25. The number of carbonyl (C=O) groups is 1. The van der Waals surface area contributed by atoms with Gasteiger partial charge in [-0.15, -0.1) is 0 Å². The van der Waals surface area contributed by atoms with Crippen molar-refractivity contribution in [3.05, 3.63) is 17.4 Å². The lowest BCUT2D eigenvalue weighted by Crippen LogP contribution is -2.57. The van der Waals surface area contributed by atoms with Gasteiger partial charge in [0.05, 0.1) is 17.8 Å². The fourth-order valence-electron chi connectivity index (χ4n) is 2.25. The Morgan fingerprint density at radius 3 is 2.89 bits per heavy atom. The molecule has 0 saturated heterocycles. The fourth-order valence-corrected chi connectivity index (χ4v) is 2.41. The van der Waals surface area contributed by atoms with E-state index in [0.29, 0.717) is 18.1 Å². The van der Waals surface area contributed by atoms with Crippen molar-refractivity contribution in [2.75, 3.05) is 6.54 Å². The van der Waals surface area contributed by atoms with Crippen molar-refractivity contribution in [3.63, 3.8) is 0 Å². The topological polar surface area (TPSA) is 67.2 Å². The summed E-state index contributed by atoms with van der Waals surface area (Å²) >= 11 is 5.82. The monoisotopic (exact) mass is 271 g/mol. The molecule has 2 N–H and O–H groups in total. The maximum atomic E-state index is 11.7. The summed E-state index contributed by atoms with van der Waals surface area (Å²) in [5, 5.41) is 17.4. The molecule has 5 nitrogen and oxygen atoms in total.